The molecule has 1 aromatic carbocycles. The summed E-state index contributed by atoms with van der Waals surface area (Å²) in [5.41, 5.74) is 6.70. The Morgan fingerprint density at radius 1 is 1.33 bits per heavy atom. The fraction of sp³-hybridized carbons (Fsp3) is 0.125. The predicted octanol–water partition coefficient (Wildman–Crippen LogP) is 3.00. The Hall–Kier alpha value is -0.350. The monoisotopic (exact) mass is 291 g/mol. The summed E-state index contributed by atoms with van der Waals surface area (Å²) >= 11 is 6.51. The minimum Gasteiger partial charge on any atom is -0.397 e. The van der Waals surface area contributed by atoms with E-state index >= 15 is 0 Å². The minimum atomic E-state index is -0.0410. The van der Waals surface area contributed by atoms with Crippen LogP contribution in [0.3, 0.4) is 0 Å². The number of hydrogen-bond acceptors (Lipinski definition) is 2. The predicted molar refractivity (Wildman–Crippen MR) is 56.3 cm³/mol. The third-order valence-electron chi connectivity index (χ3n) is 1.49. The van der Waals surface area contributed by atoms with Gasteiger partial charge in [-0.05, 0) is 50.9 Å². The number of ketones is 1. The van der Waals surface area contributed by atoms with Crippen LogP contribution in [0.5, 0.6) is 0 Å². The molecule has 0 unspecified atom stereocenters. The van der Waals surface area contributed by atoms with Crippen LogP contribution in [0, 0.1) is 0 Å². The quantitative estimate of drug-likeness (QED) is 0.639. The van der Waals surface area contributed by atoms with E-state index in [0.717, 1.165) is 8.95 Å². The van der Waals surface area contributed by atoms with Crippen molar-refractivity contribution < 1.29 is 4.79 Å². The van der Waals surface area contributed by atoms with Crippen molar-refractivity contribution in [2.75, 3.05) is 5.73 Å². The summed E-state index contributed by atoms with van der Waals surface area (Å²) in [7, 11) is 0. The van der Waals surface area contributed by atoms with E-state index in [2.05, 4.69) is 31.9 Å². The molecular weight excluding hydrogens is 286 g/mol. The van der Waals surface area contributed by atoms with Gasteiger partial charge < -0.3 is 5.73 Å². The molecule has 0 aromatic heterocycles. The van der Waals surface area contributed by atoms with Gasteiger partial charge in [0.25, 0.3) is 0 Å². The Morgan fingerprint density at radius 2 is 1.83 bits per heavy atom. The molecule has 4 heteroatoms. The molecule has 0 aliphatic heterocycles. The van der Waals surface area contributed by atoms with Crippen molar-refractivity contribution >= 4 is 43.3 Å². The van der Waals surface area contributed by atoms with Crippen molar-refractivity contribution in [3.8, 4) is 0 Å². The molecule has 0 radical (unpaired) electrons. The number of Topliss-reactive ketones (excluding diaryl/α,β-unsaturated/α-hetero) is 1. The lowest BCUT2D eigenvalue weighted by Gasteiger charge is -2.05. The second kappa shape index (κ2) is 3.58. The zero-order valence-corrected chi connectivity index (χ0v) is 9.57. The van der Waals surface area contributed by atoms with Crippen LogP contribution < -0.4 is 5.73 Å². The van der Waals surface area contributed by atoms with Crippen molar-refractivity contribution in [1.82, 2.24) is 0 Å². The number of hydrogen-bond donors (Lipinski definition) is 1. The zero-order chi connectivity index (χ0) is 9.30. The summed E-state index contributed by atoms with van der Waals surface area (Å²) in [5, 5.41) is 0. The average molecular weight is 293 g/mol. The lowest BCUT2D eigenvalue weighted by molar-refractivity contribution is 0.101. The lowest BCUT2D eigenvalue weighted by Crippen LogP contribution is -2.01. The number of nitrogen functional groups attached to an aromatic ring is 1. The van der Waals surface area contributed by atoms with E-state index in [-0.39, 0.29) is 5.78 Å². The van der Waals surface area contributed by atoms with Gasteiger partial charge in [0, 0.05) is 8.95 Å². The Labute approximate surface area is 87.4 Å². The van der Waals surface area contributed by atoms with Crippen LogP contribution >= 0.6 is 31.9 Å². The summed E-state index contributed by atoms with van der Waals surface area (Å²) in [5.74, 6) is -0.0410. The molecule has 1 rings (SSSR count). The van der Waals surface area contributed by atoms with Crippen LogP contribution in [0.2, 0.25) is 0 Å². The Bertz CT molecular complexity index is 336. The highest BCUT2D eigenvalue weighted by Gasteiger charge is 2.11. The molecule has 2 nitrogen and oxygen atoms in total. The van der Waals surface area contributed by atoms with E-state index in [9.17, 15) is 4.79 Å². The molecule has 0 aliphatic carbocycles. The number of halogens is 2. The molecule has 0 saturated heterocycles. The fourth-order valence-corrected chi connectivity index (χ4v) is 1.88. The standard InChI is InChI=1S/C8H7Br2NO/c1-4(12)7-5(9)2-3-6(10)8(7)11/h2-3H,11H2,1H3. The van der Waals surface area contributed by atoms with Crippen LogP contribution in [0.1, 0.15) is 17.3 Å². The van der Waals surface area contributed by atoms with Gasteiger partial charge in [0.1, 0.15) is 0 Å². The van der Waals surface area contributed by atoms with Gasteiger partial charge in [-0.2, -0.15) is 0 Å². The summed E-state index contributed by atoms with van der Waals surface area (Å²) in [6.07, 6.45) is 0. The number of benzene rings is 1. The van der Waals surface area contributed by atoms with Gasteiger partial charge >= 0.3 is 0 Å². The van der Waals surface area contributed by atoms with Crippen molar-refractivity contribution in [2.24, 2.45) is 0 Å². The number of carbonyl (C=O) groups is 1. The van der Waals surface area contributed by atoms with Crippen LogP contribution in [-0.4, -0.2) is 5.78 Å². The van der Waals surface area contributed by atoms with Crippen LogP contribution in [0.25, 0.3) is 0 Å². The first-order valence-corrected chi connectivity index (χ1v) is 4.87. The first-order valence-electron chi connectivity index (χ1n) is 3.28. The number of nitrogens with two attached hydrogens (primary N) is 1. The van der Waals surface area contributed by atoms with Gasteiger partial charge in [0.05, 0.1) is 11.3 Å². The zero-order valence-electron chi connectivity index (χ0n) is 6.40. The molecular formula is C8H7Br2NO. The van der Waals surface area contributed by atoms with Gasteiger partial charge in [-0.1, -0.05) is 0 Å². The summed E-state index contributed by atoms with van der Waals surface area (Å²) in [6, 6.07) is 3.59. The number of anilines is 1. The third-order valence-corrected chi connectivity index (χ3v) is 2.85. The SMILES string of the molecule is CC(=O)c1c(Br)ccc(Br)c1N. The molecule has 0 bridgehead atoms. The first-order chi connectivity index (χ1) is 5.54. The molecule has 12 heavy (non-hydrogen) atoms. The van der Waals surface area contributed by atoms with Crippen molar-refractivity contribution in [3.05, 3.63) is 26.6 Å². The molecule has 0 amide bonds. The third kappa shape index (κ3) is 1.69. The van der Waals surface area contributed by atoms with Crippen LogP contribution in [0.4, 0.5) is 5.69 Å². The first kappa shape index (κ1) is 9.74. The average Bonchev–Trinajstić information content (AvgIpc) is 1.97. The maximum atomic E-state index is 11.1. The molecule has 0 heterocycles. The molecule has 0 atom stereocenters. The topological polar surface area (TPSA) is 43.1 Å². The highest BCUT2D eigenvalue weighted by molar-refractivity contribution is 9.11. The van der Waals surface area contributed by atoms with E-state index in [1.165, 1.54) is 6.92 Å². The number of carbonyl (C=O) groups excluding carboxylic acids is 1. The van der Waals surface area contributed by atoms with E-state index in [1.807, 2.05) is 0 Å². The van der Waals surface area contributed by atoms with E-state index in [4.69, 9.17) is 5.73 Å². The second-order valence-corrected chi connectivity index (χ2v) is 4.08. The molecule has 2 N–H and O–H groups in total. The maximum absolute atomic E-state index is 11.1. The smallest absolute Gasteiger partial charge is 0.163 e. The fourth-order valence-electron chi connectivity index (χ4n) is 0.925. The van der Waals surface area contributed by atoms with Gasteiger partial charge in [-0.15, -0.1) is 0 Å². The molecule has 0 fully saturated rings. The lowest BCUT2D eigenvalue weighted by atomic mass is 10.1. The summed E-state index contributed by atoms with van der Waals surface area (Å²) < 4.78 is 1.48. The summed E-state index contributed by atoms with van der Waals surface area (Å²) in [6.45, 7) is 1.49. The van der Waals surface area contributed by atoms with E-state index < -0.39 is 0 Å². The Kier molecular flexibility index (Phi) is 2.90. The van der Waals surface area contributed by atoms with Crippen molar-refractivity contribution in [3.63, 3.8) is 0 Å². The molecule has 0 spiro atoms. The normalized spacial score (nSPS) is 9.92. The Balaban J connectivity index is 3.43. The van der Waals surface area contributed by atoms with E-state index in [1.54, 1.807) is 12.1 Å². The maximum Gasteiger partial charge on any atom is 0.163 e. The highest BCUT2D eigenvalue weighted by atomic mass is 79.9. The largest absolute Gasteiger partial charge is 0.397 e. The second-order valence-electron chi connectivity index (χ2n) is 2.37. The Morgan fingerprint density at radius 3 is 2.25 bits per heavy atom. The molecule has 1 aromatic rings. The van der Waals surface area contributed by atoms with Crippen LogP contribution in [-0.2, 0) is 0 Å². The number of rotatable bonds is 1. The van der Waals surface area contributed by atoms with Crippen molar-refractivity contribution in [2.45, 2.75) is 6.92 Å². The highest BCUT2D eigenvalue weighted by Crippen LogP contribution is 2.29. The van der Waals surface area contributed by atoms with Crippen LogP contribution in [0.15, 0.2) is 21.1 Å². The van der Waals surface area contributed by atoms with Crippen molar-refractivity contribution in [1.29, 1.82) is 0 Å². The van der Waals surface area contributed by atoms with Gasteiger partial charge in [-0.3, -0.25) is 4.79 Å². The molecule has 64 valence electrons. The van der Waals surface area contributed by atoms with Gasteiger partial charge in [-0.25, -0.2) is 0 Å². The van der Waals surface area contributed by atoms with Gasteiger partial charge in [0.15, 0.2) is 5.78 Å². The minimum absolute atomic E-state index is 0.0410. The van der Waals surface area contributed by atoms with E-state index in [0.29, 0.717) is 11.3 Å². The molecule has 0 aliphatic rings. The van der Waals surface area contributed by atoms with Gasteiger partial charge in [0.2, 0.25) is 0 Å². The molecule has 0 saturated carbocycles. The summed E-state index contributed by atoms with van der Waals surface area (Å²) in [4.78, 5) is 11.1.